The van der Waals surface area contributed by atoms with E-state index < -0.39 is 0 Å². The van der Waals surface area contributed by atoms with Crippen LogP contribution in [-0.4, -0.2) is 21.1 Å². The Kier molecular flexibility index (Phi) is 2.57. The predicted molar refractivity (Wildman–Crippen MR) is 79.4 cm³/mol. The van der Waals surface area contributed by atoms with E-state index in [4.69, 9.17) is 4.98 Å². The van der Waals surface area contributed by atoms with Crippen molar-refractivity contribution in [1.29, 1.82) is 0 Å². The summed E-state index contributed by atoms with van der Waals surface area (Å²) in [5.41, 5.74) is 6.07. The van der Waals surface area contributed by atoms with E-state index in [-0.39, 0.29) is 0 Å². The topological polar surface area (TPSA) is 42.7 Å². The first-order valence-corrected chi connectivity index (χ1v) is 6.92. The molecule has 0 amide bonds. The molecule has 1 aromatic carbocycles. The summed E-state index contributed by atoms with van der Waals surface area (Å²) >= 11 is 0. The zero-order valence-electron chi connectivity index (χ0n) is 11.4. The second-order valence-electron chi connectivity index (χ2n) is 5.27. The van der Waals surface area contributed by atoms with Crippen LogP contribution in [-0.2, 0) is 20.0 Å². The largest absolute Gasteiger partial charge is 0.326 e. The van der Waals surface area contributed by atoms with Crippen LogP contribution in [0.3, 0.4) is 0 Å². The van der Waals surface area contributed by atoms with Gasteiger partial charge in [0.05, 0.1) is 17.2 Å². The first-order valence-electron chi connectivity index (χ1n) is 6.92. The molecule has 0 saturated carbocycles. The molecule has 0 aliphatic carbocycles. The Bertz CT molecular complexity index is 788. The van der Waals surface area contributed by atoms with Gasteiger partial charge in [0.25, 0.3) is 0 Å². The van der Waals surface area contributed by atoms with Crippen molar-refractivity contribution >= 4 is 11.0 Å². The molecular weight excluding hydrogens is 248 g/mol. The Labute approximate surface area is 117 Å². The first kappa shape index (κ1) is 11.6. The molecule has 0 atom stereocenters. The molecule has 0 spiro atoms. The van der Waals surface area contributed by atoms with Gasteiger partial charge in [-0.2, -0.15) is 0 Å². The van der Waals surface area contributed by atoms with Gasteiger partial charge in [0.15, 0.2) is 0 Å². The van der Waals surface area contributed by atoms with Gasteiger partial charge in [-0.3, -0.25) is 4.98 Å². The molecule has 0 saturated heterocycles. The third-order valence-electron chi connectivity index (χ3n) is 4.03. The molecule has 1 aliphatic heterocycles. The lowest BCUT2D eigenvalue weighted by Gasteiger charge is -2.17. The van der Waals surface area contributed by atoms with Crippen molar-refractivity contribution in [2.75, 3.05) is 6.54 Å². The molecule has 1 N–H and O–H groups in total. The van der Waals surface area contributed by atoms with Crippen LogP contribution in [0, 0.1) is 0 Å². The van der Waals surface area contributed by atoms with Gasteiger partial charge in [0.2, 0.25) is 0 Å². The summed E-state index contributed by atoms with van der Waals surface area (Å²) in [7, 11) is 2.05. The molecule has 1 aliphatic rings. The van der Waals surface area contributed by atoms with E-state index in [1.165, 1.54) is 16.7 Å². The number of nitrogens with zero attached hydrogens (tertiary/aromatic N) is 3. The molecule has 3 heterocycles. The van der Waals surface area contributed by atoms with Gasteiger partial charge in [0.1, 0.15) is 5.82 Å². The number of nitrogens with one attached hydrogen (secondary N) is 1. The maximum Gasteiger partial charge on any atom is 0.140 e. The van der Waals surface area contributed by atoms with E-state index >= 15 is 0 Å². The number of hydrogen-bond acceptors (Lipinski definition) is 3. The van der Waals surface area contributed by atoms with Crippen LogP contribution >= 0.6 is 0 Å². The van der Waals surface area contributed by atoms with Crippen molar-refractivity contribution in [2.45, 2.75) is 13.0 Å². The minimum atomic E-state index is 0.953. The third kappa shape index (κ3) is 1.72. The van der Waals surface area contributed by atoms with Gasteiger partial charge in [0, 0.05) is 25.4 Å². The minimum absolute atomic E-state index is 0.953. The zero-order valence-corrected chi connectivity index (χ0v) is 11.4. The Morgan fingerprint density at radius 1 is 1.20 bits per heavy atom. The second kappa shape index (κ2) is 4.42. The highest BCUT2D eigenvalue weighted by molar-refractivity contribution is 5.79. The van der Waals surface area contributed by atoms with Gasteiger partial charge in [-0.25, -0.2) is 4.98 Å². The average Bonchev–Trinajstić information content (AvgIpc) is 2.84. The molecule has 4 nitrogen and oxygen atoms in total. The summed E-state index contributed by atoms with van der Waals surface area (Å²) < 4.78 is 2.11. The fraction of sp³-hybridized carbons (Fsp3) is 0.250. The normalized spacial score (nSPS) is 14.4. The van der Waals surface area contributed by atoms with Crippen LogP contribution in [0.2, 0.25) is 0 Å². The summed E-state index contributed by atoms with van der Waals surface area (Å²) in [5.74, 6) is 1.00. The van der Waals surface area contributed by atoms with E-state index in [2.05, 4.69) is 33.1 Å². The summed E-state index contributed by atoms with van der Waals surface area (Å²) in [6.07, 6.45) is 4.77. The van der Waals surface area contributed by atoms with Crippen molar-refractivity contribution in [3.8, 4) is 11.4 Å². The molecule has 4 rings (SSSR count). The van der Waals surface area contributed by atoms with Crippen molar-refractivity contribution in [3.63, 3.8) is 0 Å². The molecule has 4 heteroatoms. The van der Waals surface area contributed by atoms with E-state index in [1.807, 2.05) is 19.3 Å². The maximum atomic E-state index is 4.73. The highest BCUT2D eigenvalue weighted by atomic mass is 15.1. The quantitative estimate of drug-likeness (QED) is 0.733. The smallest absolute Gasteiger partial charge is 0.140 e. The first-order chi connectivity index (χ1) is 9.83. The van der Waals surface area contributed by atoms with Crippen LogP contribution in [0.15, 0.2) is 36.7 Å². The summed E-state index contributed by atoms with van der Waals surface area (Å²) in [4.78, 5) is 8.91. The summed E-state index contributed by atoms with van der Waals surface area (Å²) in [6.45, 7) is 2.03. The Morgan fingerprint density at radius 2 is 2.15 bits per heavy atom. The molecule has 0 bridgehead atoms. The molecular formula is C16H16N4. The molecule has 3 aromatic rings. The van der Waals surface area contributed by atoms with Gasteiger partial charge in [-0.15, -0.1) is 0 Å². The molecule has 0 unspecified atom stereocenters. The zero-order chi connectivity index (χ0) is 13.5. The molecule has 100 valence electrons. The van der Waals surface area contributed by atoms with Crippen molar-refractivity contribution in [3.05, 3.63) is 47.8 Å². The number of benzene rings is 1. The van der Waals surface area contributed by atoms with Crippen LogP contribution in [0.5, 0.6) is 0 Å². The van der Waals surface area contributed by atoms with Gasteiger partial charge in [-0.05, 0) is 36.2 Å². The lowest BCUT2D eigenvalue weighted by molar-refractivity contribution is 0.644. The Morgan fingerprint density at radius 3 is 3.05 bits per heavy atom. The van der Waals surface area contributed by atoms with Crippen molar-refractivity contribution in [1.82, 2.24) is 19.9 Å². The van der Waals surface area contributed by atoms with Crippen molar-refractivity contribution in [2.24, 2.45) is 7.05 Å². The summed E-state index contributed by atoms with van der Waals surface area (Å²) in [5, 5.41) is 3.42. The van der Waals surface area contributed by atoms with E-state index in [0.717, 1.165) is 36.4 Å². The molecule has 0 radical (unpaired) electrons. The number of rotatable bonds is 1. The fourth-order valence-corrected chi connectivity index (χ4v) is 2.91. The van der Waals surface area contributed by atoms with Crippen molar-refractivity contribution < 1.29 is 0 Å². The fourth-order valence-electron chi connectivity index (χ4n) is 2.91. The predicted octanol–water partition coefficient (Wildman–Crippen LogP) is 2.28. The van der Waals surface area contributed by atoms with Crippen LogP contribution in [0.4, 0.5) is 0 Å². The number of fused-ring (bicyclic) bond motifs is 2. The highest BCUT2D eigenvalue weighted by Crippen LogP contribution is 2.26. The maximum absolute atomic E-state index is 4.73. The lowest BCUT2D eigenvalue weighted by Crippen LogP contribution is -2.23. The summed E-state index contributed by atoms with van der Waals surface area (Å²) in [6, 6.07) is 8.64. The van der Waals surface area contributed by atoms with E-state index in [1.54, 1.807) is 6.20 Å². The average molecular weight is 264 g/mol. The second-order valence-corrected chi connectivity index (χ2v) is 5.27. The van der Waals surface area contributed by atoms with E-state index in [9.17, 15) is 0 Å². The number of aryl methyl sites for hydroxylation is 1. The number of pyridine rings is 1. The van der Waals surface area contributed by atoms with Gasteiger partial charge in [-0.1, -0.05) is 12.1 Å². The monoisotopic (exact) mass is 264 g/mol. The number of hydrogen-bond donors (Lipinski definition) is 1. The third-order valence-corrected chi connectivity index (χ3v) is 4.03. The number of aromatic nitrogens is 3. The Hall–Kier alpha value is -2.20. The highest BCUT2D eigenvalue weighted by Gasteiger charge is 2.13. The van der Waals surface area contributed by atoms with Gasteiger partial charge >= 0.3 is 0 Å². The molecule has 0 fully saturated rings. The van der Waals surface area contributed by atoms with Crippen LogP contribution in [0.25, 0.3) is 22.4 Å². The lowest BCUT2D eigenvalue weighted by atomic mass is 9.98. The Balaban J connectivity index is 1.88. The SMILES string of the molecule is Cn1c(-c2ccc3c(c2)CNCC3)nc2ccncc21. The van der Waals surface area contributed by atoms with Crippen LogP contribution in [0.1, 0.15) is 11.1 Å². The minimum Gasteiger partial charge on any atom is -0.326 e. The molecule has 20 heavy (non-hydrogen) atoms. The number of imidazole rings is 1. The van der Waals surface area contributed by atoms with Crippen LogP contribution < -0.4 is 5.32 Å². The molecule has 2 aromatic heterocycles. The standard InChI is InChI=1S/C16H16N4/c1-20-15-10-18-7-5-14(15)19-16(20)12-3-2-11-4-6-17-9-13(11)8-12/h2-3,5,7-8,10,17H,4,6,9H2,1H3. The van der Waals surface area contributed by atoms with E-state index in [0.29, 0.717) is 0 Å². The van der Waals surface area contributed by atoms with Gasteiger partial charge < -0.3 is 9.88 Å².